The van der Waals surface area contributed by atoms with Crippen molar-refractivity contribution in [2.24, 2.45) is 0 Å². The van der Waals surface area contributed by atoms with E-state index in [4.69, 9.17) is 11.8 Å². The molecule has 2 rings (SSSR count). The quantitative estimate of drug-likeness (QED) is 0.692. The van der Waals surface area contributed by atoms with Crippen LogP contribution in [0.2, 0.25) is 0 Å². The van der Waals surface area contributed by atoms with Gasteiger partial charge < -0.3 is 0 Å². The highest BCUT2D eigenvalue weighted by Crippen LogP contribution is 2.32. The standard InChI is InChI=1S/C9H8ClF2N/c10-13-9-2-1-5-3-7(11)8(12)4-6(5)9/h3-4,9,13H,1-2H2/t9-/m0/s1. The lowest BCUT2D eigenvalue weighted by Gasteiger charge is -2.07. The van der Waals surface area contributed by atoms with Gasteiger partial charge in [0.25, 0.3) is 0 Å². The van der Waals surface area contributed by atoms with E-state index in [-0.39, 0.29) is 6.04 Å². The average molecular weight is 204 g/mol. The van der Waals surface area contributed by atoms with Crippen LogP contribution in [-0.2, 0) is 6.42 Å². The Balaban J connectivity index is 2.47. The number of hydrogen-bond donors (Lipinski definition) is 1. The average Bonchev–Trinajstić information content (AvgIpc) is 2.48. The Bertz CT molecular complexity index is 341. The van der Waals surface area contributed by atoms with Gasteiger partial charge in [0.05, 0.1) is 0 Å². The summed E-state index contributed by atoms with van der Waals surface area (Å²) < 4.78 is 25.6. The first-order valence-corrected chi connectivity index (χ1v) is 4.44. The molecule has 1 atom stereocenters. The lowest BCUT2D eigenvalue weighted by atomic mass is 10.1. The Morgan fingerprint density at radius 3 is 2.69 bits per heavy atom. The molecule has 0 saturated heterocycles. The van der Waals surface area contributed by atoms with E-state index in [1.807, 2.05) is 0 Å². The Morgan fingerprint density at radius 1 is 1.31 bits per heavy atom. The van der Waals surface area contributed by atoms with Crippen molar-refractivity contribution < 1.29 is 8.78 Å². The zero-order valence-corrected chi connectivity index (χ0v) is 7.54. The van der Waals surface area contributed by atoms with Gasteiger partial charge in [-0.2, -0.15) is 0 Å². The first kappa shape index (κ1) is 8.91. The monoisotopic (exact) mass is 203 g/mol. The minimum absolute atomic E-state index is 0.0493. The predicted molar refractivity (Wildman–Crippen MR) is 46.4 cm³/mol. The van der Waals surface area contributed by atoms with Crippen molar-refractivity contribution in [2.75, 3.05) is 0 Å². The molecule has 0 spiro atoms. The molecule has 1 nitrogen and oxygen atoms in total. The highest BCUT2D eigenvalue weighted by atomic mass is 35.5. The largest absolute Gasteiger partial charge is 0.226 e. The fourth-order valence-corrected chi connectivity index (χ4v) is 1.94. The van der Waals surface area contributed by atoms with Crippen LogP contribution in [0, 0.1) is 11.6 Å². The summed E-state index contributed by atoms with van der Waals surface area (Å²) in [5.41, 5.74) is 1.62. The summed E-state index contributed by atoms with van der Waals surface area (Å²) in [6.07, 6.45) is 1.54. The summed E-state index contributed by atoms with van der Waals surface area (Å²) in [6.45, 7) is 0. The van der Waals surface area contributed by atoms with Gasteiger partial charge in [-0.3, -0.25) is 0 Å². The molecular weight excluding hydrogens is 196 g/mol. The second-order valence-electron chi connectivity index (χ2n) is 3.17. The van der Waals surface area contributed by atoms with E-state index in [0.717, 1.165) is 24.0 Å². The fraction of sp³-hybridized carbons (Fsp3) is 0.333. The Kier molecular flexibility index (Phi) is 2.22. The van der Waals surface area contributed by atoms with E-state index >= 15 is 0 Å². The molecule has 1 aliphatic rings. The van der Waals surface area contributed by atoms with Gasteiger partial charge in [-0.1, -0.05) is 0 Å². The molecule has 1 aromatic carbocycles. The minimum Gasteiger partial charge on any atom is -0.226 e. The third kappa shape index (κ3) is 1.42. The summed E-state index contributed by atoms with van der Waals surface area (Å²) in [5.74, 6) is -1.59. The Labute approximate surface area is 79.8 Å². The molecule has 1 N–H and O–H groups in total. The molecule has 70 valence electrons. The summed E-state index contributed by atoms with van der Waals surface area (Å²) >= 11 is 5.46. The predicted octanol–water partition coefficient (Wildman–Crippen LogP) is 2.70. The molecule has 0 bridgehead atoms. The zero-order chi connectivity index (χ0) is 9.42. The molecule has 0 unspecified atom stereocenters. The molecule has 0 aliphatic heterocycles. The fourth-order valence-electron chi connectivity index (χ4n) is 1.71. The van der Waals surface area contributed by atoms with Crippen molar-refractivity contribution in [3.63, 3.8) is 0 Å². The summed E-state index contributed by atoms with van der Waals surface area (Å²) in [7, 11) is 0. The zero-order valence-electron chi connectivity index (χ0n) is 6.78. The van der Waals surface area contributed by atoms with Crippen molar-refractivity contribution in [2.45, 2.75) is 18.9 Å². The van der Waals surface area contributed by atoms with Crippen molar-refractivity contribution >= 4 is 11.8 Å². The number of aryl methyl sites for hydroxylation is 1. The summed E-state index contributed by atoms with van der Waals surface area (Å²) in [5, 5.41) is 0. The lowest BCUT2D eigenvalue weighted by Crippen LogP contribution is -2.07. The molecule has 0 fully saturated rings. The van der Waals surface area contributed by atoms with E-state index in [1.54, 1.807) is 0 Å². The molecular formula is C9H8ClF2N. The number of rotatable bonds is 1. The molecule has 0 saturated carbocycles. The third-order valence-electron chi connectivity index (χ3n) is 2.39. The topological polar surface area (TPSA) is 12.0 Å². The van der Waals surface area contributed by atoms with Gasteiger partial charge in [0.15, 0.2) is 11.6 Å². The van der Waals surface area contributed by atoms with Gasteiger partial charge in [0.2, 0.25) is 0 Å². The Morgan fingerprint density at radius 2 is 2.00 bits per heavy atom. The van der Waals surface area contributed by atoms with Crippen LogP contribution in [0.3, 0.4) is 0 Å². The van der Waals surface area contributed by atoms with E-state index in [1.165, 1.54) is 12.1 Å². The molecule has 1 aromatic rings. The smallest absolute Gasteiger partial charge is 0.159 e. The second-order valence-corrected chi connectivity index (χ2v) is 3.38. The van der Waals surface area contributed by atoms with Crippen LogP contribution < -0.4 is 4.84 Å². The number of nitrogens with one attached hydrogen (secondary N) is 1. The van der Waals surface area contributed by atoms with Crippen molar-refractivity contribution in [3.05, 3.63) is 34.9 Å². The second kappa shape index (κ2) is 3.24. The van der Waals surface area contributed by atoms with Gasteiger partial charge in [-0.15, -0.1) is 0 Å². The lowest BCUT2D eigenvalue weighted by molar-refractivity contribution is 0.505. The minimum atomic E-state index is -0.808. The SMILES string of the molecule is Fc1cc2c(cc1F)[C@@H](NCl)CC2. The highest BCUT2D eigenvalue weighted by molar-refractivity contribution is 6.13. The van der Waals surface area contributed by atoms with Crippen LogP contribution in [0.4, 0.5) is 8.78 Å². The molecule has 1 aliphatic carbocycles. The molecule has 0 amide bonds. The Hall–Kier alpha value is -0.670. The third-order valence-corrected chi connectivity index (χ3v) is 2.66. The molecule has 0 radical (unpaired) electrons. The van der Waals surface area contributed by atoms with Crippen LogP contribution in [0.25, 0.3) is 0 Å². The maximum atomic E-state index is 12.8. The van der Waals surface area contributed by atoms with Crippen molar-refractivity contribution in [1.29, 1.82) is 0 Å². The van der Waals surface area contributed by atoms with Gasteiger partial charge in [0, 0.05) is 6.04 Å². The van der Waals surface area contributed by atoms with Crippen LogP contribution in [0.15, 0.2) is 12.1 Å². The molecule has 13 heavy (non-hydrogen) atoms. The maximum absolute atomic E-state index is 12.8. The first-order chi connectivity index (χ1) is 6.22. The van der Waals surface area contributed by atoms with Crippen LogP contribution in [0.1, 0.15) is 23.6 Å². The number of halogens is 3. The number of benzene rings is 1. The van der Waals surface area contributed by atoms with Crippen LogP contribution >= 0.6 is 11.8 Å². The summed E-state index contributed by atoms with van der Waals surface area (Å²) in [4.78, 5) is 2.55. The normalized spacial score (nSPS) is 20.4. The first-order valence-electron chi connectivity index (χ1n) is 4.06. The van der Waals surface area contributed by atoms with Crippen molar-refractivity contribution in [1.82, 2.24) is 4.84 Å². The van der Waals surface area contributed by atoms with Crippen LogP contribution in [0.5, 0.6) is 0 Å². The summed E-state index contributed by atoms with van der Waals surface area (Å²) in [6, 6.07) is 2.42. The highest BCUT2D eigenvalue weighted by Gasteiger charge is 2.23. The molecule has 4 heteroatoms. The molecule has 0 heterocycles. The maximum Gasteiger partial charge on any atom is 0.159 e. The van der Waals surface area contributed by atoms with E-state index in [0.29, 0.717) is 0 Å². The van der Waals surface area contributed by atoms with Gasteiger partial charge in [-0.25, -0.2) is 13.6 Å². The van der Waals surface area contributed by atoms with Gasteiger partial charge in [-0.05, 0) is 47.9 Å². The van der Waals surface area contributed by atoms with Crippen LogP contribution in [-0.4, -0.2) is 0 Å². The van der Waals surface area contributed by atoms with Gasteiger partial charge >= 0.3 is 0 Å². The van der Waals surface area contributed by atoms with E-state index in [2.05, 4.69) is 4.84 Å². The number of fused-ring (bicyclic) bond motifs is 1. The van der Waals surface area contributed by atoms with Crippen molar-refractivity contribution in [3.8, 4) is 0 Å². The van der Waals surface area contributed by atoms with E-state index < -0.39 is 11.6 Å². The molecule has 0 aromatic heterocycles. The number of hydrogen-bond acceptors (Lipinski definition) is 1. The van der Waals surface area contributed by atoms with E-state index in [9.17, 15) is 8.78 Å². The van der Waals surface area contributed by atoms with Gasteiger partial charge in [0.1, 0.15) is 0 Å².